The highest BCUT2D eigenvalue weighted by Crippen LogP contribution is 2.25. The average Bonchev–Trinajstić information content (AvgIpc) is 2.65. The third-order valence-electron chi connectivity index (χ3n) is 4.29. The molecule has 1 aromatic rings. The van der Waals surface area contributed by atoms with E-state index in [-0.39, 0.29) is 18.4 Å². The first kappa shape index (κ1) is 20.0. The van der Waals surface area contributed by atoms with Gasteiger partial charge in [-0.25, -0.2) is 0 Å². The summed E-state index contributed by atoms with van der Waals surface area (Å²) in [5.41, 5.74) is 1.87. The fraction of sp³-hybridized carbons (Fsp3) is 0.524. The molecule has 1 amide bonds. The van der Waals surface area contributed by atoms with E-state index in [1.807, 2.05) is 30.3 Å². The number of rotatable bonds is 6. The summed E-state index contributed by atoms with van der Waals surface area (Å²) in [6, 6.07) is 9.83. The summed E-state index contributed by atoms with van der Waals surface area (Å²) in [7, 11) is 0. The molecule has 5 nitrogen and oxygen atoms in total. The Balaban J connectivity index is 2.08. The molecule has 0 radical (unpaired) electrons. The summed E-state index contributed by atoms with van der Waals surface area (Å²) in [4.78, 5) is 14.7. The van der Waals surface area contributed by atoms with Crippen molar-refractivity contribution < 1.29 is 9.53 Å². The lowest BCUT2D eigenvalue weighted by Crippen LogP contribution is -2.36. The molecule has 0 spiro atoms. The number of nitrogens with zero attached hydrogens (tertiary/aromatic N) is 2. The highest BCUT2D eigenvalue weighted by atomic mass is 16.5. The third-order valence-corrected chi connectivity index (χ3v) is 4.29. The predicted octanol–water partition coefficient (Wildman–Crippen LogP) is 2.14. The fourth-order valence-corrected chi connectivity index (χ4v) is 2.96. The second kappa shape index (κ2) is 10.6. The van der Waals surface area contributed by atoms with Crippen LogP contribution >= 0.6 is 0 Å². The number of hydrogen-bond acceptors (Lipinski definition) is 4. The van der Waals surface area contributed by atoms with Crippen molar-refractivity contribution in [2.24, 2.45) is 5.92 Å². The number of morpholine rings is 1. The monoisotopic (exact) mass is 353 g/mol. The second-order valence-corrected chi connectivity index (χ2v) is 6.87. The van der Waals surface area contributed by atoms with Crippen molar-refractivity contribution in [3.63, 3.8) is 0 Å². The zero-order valence-electron chi connectivity index (χ0n) is 15.6. The Hall–Kier alpha value is -2.34. The van der Waals surface area contributed by atoms with Crippen LogP contribution in [0.5, 0.6) is 0 Å². The fourth-order valence-electron chi connectivity index (χ4n) is 2.96. The minimum absolute atomic E-state index is 0.0342. The van der Waals surface area contributed by atoms with Crippen molar-refractivity contribution in [1.82, 2.24) is 10.2 Å². The summed E-state index contributed by atoms with van der Waals surface area (Å²) < 4.78 is 5.34. The Morgan fingerprint density at radius 2 is 2.12 bits per heavy atom. The largest absolute Gasteiger partial charge is 0.379 e. The first-order valence-electron chi connectivity index (χ1n) is 9.13. The van der Waals surface area contributed by atoms with E-state index in [2.05, 4.69) is 35.9 Å². The van der Waals surface area contributed by atoms with Gasteiger partial charge in [0.25, 0.3) is 0 Å². The standard InChI is InChI=1S/C21H27N3O2/c1-17(2)15-20(21(25)23-9-8-22)19-7-3-5-18(16-19)6-4-10-24-11-13-26-14-12-24/h3,5,7,16-17,20H,9-15H2,1-2H3,(H,23,25)/t20-/m1/s1. The van der Waals surface area contributed by atoms with Gasteiger partial charge in [0.15, 0.2) is 0 Å². The lowest BCUT2D eigenvalue weighted by atomic mass is 9.88. The zero-order valence-corrected chi connectivity index (χ0v) is 15.6. The van der Waals surface area contributed by atoms with E-state index in [0.29, 0.717) is 5.92 Å². The van der Waals surface area contributed by atoms with E-state index < -0.39 is 0 Å². The SMILES string of the molecule is CC(C)C[C@@H](C(=O)NCC#N)c1cccc(C#CCN2CCOCC2)c1. The van der Waals surface area contributed by atoms with Crippen LogP contribution in [0.15, 0.2) is 24.3 Å². The van der Waals surface area contributed by atoms with Gasteiger partial charge in [0.05, 0.1) is 31.7 Å². The van der Waals surface area contributed by atoms with E-state index in [1.165, 1.54) is 0 Å². The van der Waals surface area contributed by atoms with Crippen LogP contribution in [0.2, 0.25) is 0 Å². The third kappa shape index (κ3) is 6.52. The molecular formula is C21H27N3O2. The van der Waals surface area contributed by atoms with Crippen molar-refractivity contribution in [2.75, 3.05) is 39.4 Å². The molecule has 1 fully saturated rings. The number of hydrogen-bond donors (Lipinski definition) is 1. The second-order valence-electron chi connectivity index (χ2n) is 6.87. The number of benzene rings is 1. The van der Waals surface area contributed by atoms with Gasteiger partial charge in [-0.2, -0.15) is 5.26 Å². The lowest BCUT2D eigenvalue weighted by molar-refractivity contribution is -0.122. The molecule has 1 heterocycles. The van der Waals surface area contributed by atoms with Crippen LogP contribution in [-0.4, -0.2) is 50.2 Å². The highest BCUT2D eigenvalue weighted by Gasteiger charge is 2.21. The maximum Gasteiger partial charge on any atom is 0.228 e. The van der Waals surface area contributed by atoms with Crippen molar-refractivity contribution in [3.05, 3.63) is 35.4 Å². The van der Waals surface area contributed by atoms with Crippen molar-refractivity contribution >= 4 is 5.91 Å². The molecule has 1 aliphatic rings. The number of nitrogens with one attached hydrogen (secondary N) is 1. The van der Waals surface area contributed by atoms with Crippen molar-refractivity contribution in [1.29, 1.82) is 5.26 Å². The maximum atomic E-state index is 12.5. The summed E-state index contributed by atoms with van der Waals surface area (Å²) >= 11 is 0. The molecule has 26 heavy (non-hydrogen) atoms. The number of amides is 1. The average molecular weight is 353 g/mol. The minimum atomic E-state index is -0.260. The molecule has 5 heteroatoms. The Kier molecular flexibility index (Phi) is 8.15. The molecule has 1 saturated heterocycles. The van der Waals surface area contributed by atoms with Crippen LogP contribution in [-0.2, 0) is 9.53 Å². The minimum Gasteiger partial charge on any atom is -0.379 e. The molecule has 0 aliphatic carbocycles. The number of carbonyl (C=O) groups is 1. The van der Waals surface area contributed by atoms with E-state index in [1.54, 1.807) is 0 Å². The molecule has 0 bridgehead atoms. The highest BCUT2D eigenvalue weighted by molar-refractivity contribution is 5.83. The Labute approximate surface area is 156 Å². The van der Waals surface area contributed by atoms with Crippen LogP contribution in [0, 0.1) is 29.1 Å². The summed E-state index contributed by atoms with van der Waals surface area (Å²) in [5, 5.41) is 11.4. The normalized spacial score (nSPS) is 15.6. The Morgan fingerprint density at radius 3 is 2.81 bits per heavy atom. The topological polar surface area (TPSA) is 65.4 Å². The van der Waals surface area contributed by atoms with Gasteiger partial charge in [-0.1, -0.05) is 37.8 Å². The van der Waals surface area contributed by atoms with Gasteiger partial charge in [-0.3, -0.25) is 9.69 Å². The molecule has 0 aromatic heterocycles. The first-order chi connectivity index (χ1) is 12.6. The van der Waals surface area contributed by atoms with Gasteiger partial charge in [0, 0.05) is 18.7 Å². The molecule has 138 valence electrons. The van der Waals surface area contributed by atoms with Crippen molar-refractivity contribution in [2.45, 2.75) is 26.2 Å². The van der Waals surface area contributed by atoms with Gasteiger partial charge in [-0.05, 0) is 30.0 Å². The molecule has 0 saturated carbocycles. The Bertz CT molecular complexity index is 691. The van der Waals surface area contributed by atoms with Gasteiger partial charge in [-0.15, -0.1) is 0 Å². The summed E-state index contributed by atoms with van der Waals surface area (Å²) in [6.07, 6.45) is 0.738. The Morgan fingerprint density at radius 1 is 1.35 bits per heavy atom. The summed E-state index contributed by atoms with van der Waals surface area (Å²) in [6.45, 7) is 8.33. The zero-order chi connectivity index (χ0) is 18.8. The van der Waals surface area contributed by atoms with Gasteiger partial charge in [0.1, 0.15) is 6.54 Å². The van der Waals surface area contributed by atoms with E-state index in [9.17, 15) is 4.79 Å². The first-order valence-corrected chi connectivity index (χ1v) is 9.13. The molecule has 1 aliphatic heterocycles. The van der Waals surface area contributed by atoms with Crippen LogP contribution in [0.1, 0.15) is 37.3 Å². The van der Waals surface area contributed by atoms with Crippen LogP contribution < -0.4 is 5.32 Å². The molecule has 0 unspecified atom stereocenters. The molecular weight excluding hydrogens is 326 g/mol. The molecule has 1 atom stereocenters. The predicted molar refractivity (Wildman–Crippen MR) is 101 cm³/mol. The molecule has 1 N–H and O–H groups in total. The molecule has 2 rings (SSSR count). The van der Waals surface area contributed by atoms with E-state index in [0.717, 1.165) is 50.4 Å². The van der Waals surface area contributed by atoms with Crippen LogP contribution in [0.4, 0.5) is 0 Å². The van der Waals surface area contributed by atoms with Gasteiger partial charge < -0.3 is 10.1 Å². The number of nitriles is 1. The van der Waals surface area contributed by atoms with Crippen LogP contribution in [0.3, 0.4) is 0 Å². The van der Waals surface area contributed by atoms with Crippen LogP contribution in [0.25, 0.3) is 0 Å². The maximum absolute atomic E-state index is 12.5. The smallest absolute Gasteiger partial charge is 0.228 e. The lowest BCUT2D eigenvalue weighted by Gasteiger charge is -2.24. The quantitative estimate of drug-likeness (QED) is 0.629. The van der Waals surface area contributed by atoms with E-state index >= 15 is 0 Å². The van der Waals surface area contributed by atoms with E-state index in [4.69, 9.17) is 10.00 Å². The summed E-state index contributed by atoms with van der Waals surface area (Å²) in [5.74, 6) is 6.44. The number of ether oxygens (including phenoxy) is 1. The van der Waals surface area contributed by atoms with Gasteiger partial charge >= 0.3 is 0 Å². The molecule has 1 aromatic carbocycles. The number of carbonyl (C=O) groups excluding carboxylic acids is 1. The van der Waals surface area contributed by atoms with Crippen molar-refractivity contribution in [3.8, 4) is 17.9 Å². The van der Waals surface area contributed by atoms with Gasteiger partial charge in [0.2, 0.25) is 5.91 Å².